The molecule has 4 nitrogen and oxygen atoms in total. The van der Waals surface area contributed by atoms with E-state index in [1.807, 2.05) is 0 Å². The quantitative estimate of drug-likeness (QED) is 0.484. The first kappa shape index (κ1) is 10.5. The summed E-state index contributed by atoms with van der Waals surface area (Å²) in [6.07, 6.45) is 0.250. The van der Waals surface area contributed by atoms with E-state index in [2.05, 4.69) is 6.58 Å². The van der Waals surface area contributed by atoms with Crippen molar-refractivity contribution in [1.82, 2.24) is 0 Å². The normalized spacial score (nSPS) is 8.88. The second kappa shape index (κ2) is 4.69. The summed E-state index contributed by atoms with van der Waals surface area (Å²) >= 11 is 0. The molecular formula is C2H5FO4S. The molecule has 0 saturated heterocycles. The molecule has 6 heteroatoms. The molecule has 0 aliphatic carbocycles. The van der Waals surface area contributed by atoms with Crippen LogP contribution in [0.1, 0.15) is 0 Å². The average Bonchev–Trinajstić information content (AvgIpc) is 1.27. The molecule has 0 amide bonds. The topological polar surface area (TPSA) is 74.6 Å². The first-order chi connectivity index (χ1) is 3.41. The molecule has 0 aliphatic rings. The van der Waals surface area contributed by atoms with Gasteiger partial charge in [-0.3, -0.25) is 9.11 Å². The van der Waals surface area contributed by atoms with E-state index in [1.54, 1.807) is 0 Å². The van der Waals surface area contributed by atoms with Crippen molar-refractivity contribution in [3.05, 3.63) is 12.9 Å². The second-order valence-electron chi connectivity index (χ2n) is 0.602. The van der Waals surface area contributed by atoms with E-state index in [0.717, 1.165) is 0 Å². The largest absolute Gasteiger partial charge is 0.394 e. The van der Waals surface area contributed by atoms with Crippen LogP contribution in [0.2, 0.25) is 0 Å². The van der Waals surface area contributed by atoms with Crippen LogP contribution < -0.4 is 0 Å². The molecule has 0 aliphatic heterocycles. The fraction of sp³-hybridized carbons (Fsp3) is 0. The minimum atomic E-state index is -4.67. The van der Waals surface area contributed by atoms with Gasteiger partial charge in [-0.15, -0.1) is 0 Å². The minimum Gasteiger partial charge on any atom is -0.264 e. The zero-order valence-electron chi connectivity index (χ0n) is 3.78. The highest BCUT2D eigenvalue weighted by Crippen LogP contribution is 1.59. The average molecular weight is 144 g/mol. The predicted octanol–water partition coefficient (Wildman–Crippen LogP) is 0.447. The lowest BCUT2D eigenvalue weighted by molar-refractivity contribution is 0.381. The number of hydrogen-bond acceptors (Lipinski definition) is 2. The van der Waals surface area contributed by atoms with E-state index in [-0.39, 0.29) is 6.33 Å². The van der Waals surface area contributed by atoms with Gasteiger partial charge in [-0.25, -0.2) is 4.39 Å². The molecule has 0 spiro atoms. The molecule has 0 aromatic rings. The van der Waals surface area contributed by atoms with Gasteiger partial charge in [-0.05, 0) is 0 Å². The Labute approximate surface area is 46.2 Å². The molecule has 0 unspecified atom stereocenters. The predicted molar refractivity (Wildman–Crippen MR) is 25.5 cm³/mol. The van der Waals surface area contributed by atoms with Crippen molar-refractivity contribution in [2.24, 2.45) is 0 Å². The van der Waals surface area contributed by atoms with E-state index in [4.69, 9.17) is 17.5 Å². The van der Waals surface area contributed by atoms with Gasteiger partial charge in [0.25, 0.3) is 0 Å². The Morgan fingerprint density at radius 1 is 1.50 bits per heavy atom. The van der Waals surface area contributed by atoms with E-state index >= 15 is 0 Å². The van der Waals surface area contributed by atoms with Crippen molar-refractivity contribution in [2.45, 2.75) is 0 Å². The van der Waals surface area contributed by atoms with E-state index in [9.17, 15) is 4.39 Å². The van der Waals surface area contributed by atoms with Gasteiger partial charge in [0.15, 0.2) is 0 Å². The van der Waals surface area contributed by atoms with Gasteiger partial charge in [0, 0.05) is 0 Å². The molecule has 0 aromatic heterocycles. The Morgan fingerprint density at radius 2 is 1.50 bits per heavy atom. The number of hydrogen-bond donors (Lipinski definition) is 2. The summed E-state index contributed by atoms with van der Waals surface area (Å²) in [6, 6.07) is 0. The molecular weight excluding hydrogens is 139 g/mol. The Hall–Kier alpha value is -0.460. The summed E-state index contributed by atoms with van der Waals surface area (Å²) in [7, 11) is -4.67. The van der Waals surface area contributed by atoms with Crippen LogP contribution in [0.3, 0.4) is 0 Å². The van der Waals surface area contributed by atoms with Crippen LogP contribution in [-0.2, 0) is 10.4 Å². The Kier molecular flexibility index (Phi) is 6.16. The lowest BCUT2D eigenvalue weighted by Gasteiger charge is -1.68. The maximum Gasteiger partial charge on any atom is 0.394 e. The highest BCUT2D eigenvalue weighted by molar-refractivity contribution is 7.79. The van der Waals surface area contributed by atoms with Crippen molar-refractivity contribution in [3.63, 3.8) is 0 Å². The third-order valence-electron chi connectivity index (χ3n) is 0. The van der Waals surface area contributed by atoms with Crippen LogP contribution in [-0.4, -0.2) is 17.5 Å². The summed E-state index contributed by atoms with van der Waals surface area (Å²) in [5, 5.41) is 0. The summed E-state index contributed by atoms with van der Waals surface area (Å²) < 4.78 is 41.6. The summed E-state index contributed by atoms with van der Waals surface area (Å²) in [4.78, 5) is 0. The summed E-state index contributed by atoms with van der Waals surface area (Å²) in [5.41, 5.74) is 0. The van der Waals surface area contributed by atoms with Gasteiger partial charge in [0.1, 0.15) is 0 Å². The Bertz CT molecular complexity index is 128. The molecule has 0 saturated carbocycles. The van der Waals surface area contributed by atoms with Crippen LogP contribution in [0.4, 0.5) is 4.39 Å². The molecule has 0 fully saturated rings. The zero-order valence-corrected chi connectivity index (χ0v) is 4.60. The third-order valence-corrected chi connectivity index (χ3v) is 0. The van der Waals surface area contributed by atoms with Gasteiger partial charge in [-0.1, -0.05) is 6.58 Å². The fourth-order valence-corrected chi connectivity index (χ4v) is 0. The monoisotopic (exact) mass is 144 g/mol. The smallest absolute Gasteiger partial charge is 0.264 e. The Morgan fingerprint density at radius 3 is 1.50 bits per heavy atom. The molecule has 0 heterocycles. The first-order valence-corrected chi connectivity index (χ1v) is 2.72. The van der Waals surface area contributed by atoms with Gasteiger partial charge in [-0.2, -0.15) is 8.42 Å². The molecule has 8 heavy (non-hydrogen) atoms. The highest BCUT2D eigenvalue weighted by Gasteiger charge is 1.84. The number of rotatable bonds is 0. The van der Waals surface area contributed by atoms with Crippen molar-refractivity contribution < 1.29 is 21.9 Å². The maximum atomic E-state index is 10.1. The third kappa shape index (κ3) is 540. The van der Waals surface area contributed by atoms with Crippen molar-refractivity contribution in [2.75, 3.05) is 0 Å². The molecule has 0 bridgehead atoms. The molecule has 2 N–H and O–H groups in total. The first-order valence-electron chi connectivity index (χ1n) is 1.32. The molecule has 50 valence electrons. The standard InChI is InChI=1S/C2H3F.H2O4S/c1-2-3;1-5(2,3)4/h2H,1H2;(H2,1,2,3,4). The van der Waals surface area contributed by atoms with Crippen LogP contribution in [0.5, 0.6) is 0 Å². The highest BCUT2D eigenvalue weighted by atomic mass is 32.3. The lowest BCUT2D eigenvalue weighted by atomic mass is 11.2. The summed E-state index contributed by atoms with van der Waals surface area (Å²) in [5.74, 6) is 0. The van der Waals surface area contributed by atoms with Gasteiger partial charge >= 0.3 is 10.4 Å². The van der Waals surface area contributed by atoms with Crippen LogP contribution >= 0.6 is 0 Å². The number of halogens is 1. The molecule has 0 aromatic carbocycles. The van der Waals surface area contributed by atoms with Gasteiger partial charge < -0.3 is 0 Å². The maximum absolute atomic E-state index is 10.1. The minimum absolute atomic E-state index is 0.250. The lowest BCUT2D eigenvalue weighted by Crippen LogP contribution is -1.89. The second-order valence-corrected chi connectivity index (χ2v) is 1.50. The van der Waals surface area contributed by atoms with Crippen LogP contribution in [0, 0.1) is 0 Å². The van der Waals surface area contributed by atoms with E-state index in [0.29, 0.717) is 0 Å². The van der Waals surface area contributed by atoms with Gasteiger partial charge in [0.05, 0.1) is 6.33 Å². The molecule has 0 rings (SSSR count). The van der Waals surface area contributed by atoms with Crippen molar-refractivity contribution >= 4 is 10.4 Å². The zero-order chi connectivity index (χ0) is 7.21. The van der Waals surface area contributed by atoms with Crippen LogP contribution in [0.15, 0.2) is 12.9 Å². The molecule has 0 radical (unpaired) electrons. The van der Waals surface area contributed by atoms with Crippen molar-refractivity contribution in [3.8, 4) is 0 Å². The molecule has 0 atom stereocenters. The van der Waals surface area contributed by atoms with Gasteiger partial charge in [0.2, 0.25) is 0 Å². The van der Waals surface area contributed by atoms with E-state index < -0.39 is 10.4 Å². The fourth-order valence-electron chi connectivity index (χ4n) is 0. The van der Waals surface area contributed by atoms with Crippen molar-refractivity contribution in [1.29, 1.82) is 0 Å². The SMILES string of the molecule is C=CF.O=S(=O)(O)O. The van der Waals surface area contributed by atoms with E-state index in [1.165, 1.54) is 0 Å². The summed E-state index contributed by atoms with van der Waals surface area (Å²) in [6.45, 7) is 2.69. The van der Waals surface area contributed by atoms with Crippen LogP contribution in [0.25, 0.3) is 0 Å². The Balaban J connectivity index is 0.